The van der Waals surface area contributed by atoms with E-state index in [1.807, 2.05) is 0 Å². The Hall–Kier alpha value is -2.95. The number of hydrogen-bond donors (Lipinski definition) is 3. The van der Waals surface area contributed by atoms with Crippen molar-refractivity contribution in [2.24, 2.45) is 17.6 Å². The smallest absolute Gasteiger partial charge is 0.229 e. The fraction of sp³-hybridized carbons (Fsp3) is 0.452. The fourth-order valence-corrected chi connectivity index (χ4v) is 7.16. The highest BCUT2D eigenvalue weighted by atomic mass is 35.5. The Labute approximate surface area is 247 Å². The van der Waals surface area contributed by atoms with E-state index >= 15 is 0 Å². The molecule has 0 saturated carbocycles. The van der Waals surface area contributed by atoms with E-state index in [1.54, 1.807) is 31.5 Å². The first-order valence-corrected chi connectivity index (χ1v) is 17.3. The number of nitrogens with two attached hydrogens (primary N) is 1. The van der Waals surface area contributed by atoms with Crippen LogP contribution in [0.15, 0.2) is 42.6 Å². The highest BCUT2D eigenvalue weighted by Gasteiger charge is 2.24. The van der Waals surface area contributed by atoms with Crippen molar-refractivity contribution < 1.29 is 9.30 Å². The number of ether oxygens (including phenoxy) is 1. The number of hydrogen-bond acceptors (Lipinski definition) is 8. The molecule has 3 aromatic rings. The van der Waals surface area contributed by atoms with Crippen molar-refractivity contribution in [2.45, 2.75) is 51.0 Å². The number of nitrogens with one attached hydrogen (secondary N) is 2. The van der Waals surface area contributed by atoms with Gasteiger partial charge >= 0.3 is 0 Å². The van der Waals surface area contributed by atoms with Gasteiger partial charge in [-0.1, -0.05) is 17.7 Å². The van der Waals surface area contributed by atoms with Crippen LogP contribution in [-0.2, 0) is 22.1 Å². The van der Waals surface area contributed by atoms with E-state index < -0.39 is 7.14 Å². The van der Waals surface area contributed by atoms with Crippen molar-refractivity contribution in [3.63, 3.8) is 0 Å². The number of aromatic nitrogens is 2. The number of nitriles is 1. The Morgan fingerprint density at radius 2 is 1.85 bits per heavy atom. The molecule has 1 saturated heterocycles. The Bertz CT molecular complexity index is 1490. The Kier molecular flexibility index (Phi) is 9.31. The molecule has 0 spiro atoms. The fourth-order valence-electron chi connectivity index (χ4n) is 5.86. The van der Waals surface area contributed by atoms with Gasteiger partial charge in [0.1, 0.15) is 12.2 Å². The van der Waals surface area contributed by atoms with Gasteiger partial charge in [0.25, 0.3) is 0 Å². The summed E-state index contributed by atoms with van der Waals surface area (Å²) < 4.78 is 18.8. The lowest BCUT2D eigenvalue weighted by Gasteiger charge is -2.20. The maximum atomic E-state index is 12.9. The minimum absolute atomic E-state index is 0.181. The van der Waals surface area contributed by atoms with Crippen LogP contribution in [0.5, 0.6) is 0 Å². The monoisotopic (exact) mass is 592 g/mol. The SMILES string of the molecule is CP(C)(=O)c1cc(C#N)ccc1Nc1nc(Nc2ccc3c(c2)CC[C@@H](CC2CCC(N)COC2)CC3)ncc1Cl. The van der Waals surface area contributed by atoms with E-state index in [1.165, 1.54) is 43.0 Å². The minimum Gasteiger partial charge on any atom is -0.380 e. The van der Waals surface area contributed by atoms with E-state index in [9.17, 15) is 9.83 Å². The molecule has 1 aromatic heterocycles. The summed E-state index contributed by atoms with van der Waals surface area (Å²) in [4.78, 5) is 8.99. The molecule has 0 radical (unpaired) electrons. The number of halogens is 1. The summed E-state index contributed by atoms with van der Waals surface area (Å²) in [6, 6.07) is 13.8. The van der Waals surface area contributed by atoms with Gasteiger partial charge in [0.2, 0.25) is 5.95 Å². The number of nitrogens with zero attached hydrogens (tertiary/aromatic N) is 3. The molecule has 2 aliphatic rings. The summed E-state index contributed by atoms with van der Waals surface area (Å²) in [5, 5.41) is 16.7. The van der Waals surface area contributed by atoms with Gasteiger partial charge in [-0.2, -0.15) is 10.2 Å². The molecular weight excluding hydrogens is 555 g/mol. The molecule has 10 heteroatoms. The number of fused-ring (bicyclic) bond motifs is 1. The maximum absolute atomic E-state index is 12.9. The van der Waals surface area contributed by atoms with Crippen LogP contribution in [0, 0.1) is 23.2 Å². The summed E-state index contributed by atoms with van der Waals surface area (Å²) in [5.41, 5.74) is 10.8. The van der Waals surface area contributed by atoms with Gasteiger partial charge < -0.3 is 25.7 Å². The molecule has 1 aliphatic carbocycles. The van der Waals surface area contributed by atoms with E-state index in [-0.39, 0.29) is 6.04 Å². The number of aryl methyl sites for hydroxylation is 2. The van der Waals surface area contributed by atoms with Crippen molar-refractivity contribution in [1.82, 2.24) is 9.97 Å². The first kappa shape index (κ1) is 29.5. The van der Waals surface area contributed by atoms with Gasteiger partial charge in [0.15, 0.2) is 5.82 Å². The molecule has 8 nitrogen and oxygen atoms in total. The predicted molar refractivity (Wildman–Crippen MR) is 167 cm³/mol. The molecule has 2 heterocycles. The standard InChI is InChI=1S/C31H38ClN6O2P/c1-41(2,39)29-14-21(16-33)6-12-28(29)37-30-27(32)17-35-31(38-30)36-26-11-9-23-7-3-20(4-8-24(23)15-26)13-22-5-10-25(34)19-40-18-22/h6,9,11-12,14-15,17,20,22,25H,3-5,7-8,10,13,18-19,34H2,1-2H3,(H2,35,36,37,38)/t20-,22?,25?/m0/s1. The molecule has 1 fully saturated rings. The highest BCUT2D eigenvalue weighted by molar-refractivity contribution is 7.70. The van der Waals surface area contributed by atoms with Gasteiger partial charge in [-0.15, -0.1) is 0 Å². The molecule has 2 aromatic carbocycles. The van der Waals surface area contributed by atoms with Crippen molar-refractivity contribution >= 4 is 47.2 Å². The van der Waals surface area contributed by atoms with Crippen LogP contribution in [0.2, 0.25) is 5.02 Å². The molecule has 0 amide bonds. The second-order valence-corrected chi connectivity index (χ2v) is 15.3. The van der Waals surface area contributed by atoms with Crippen LogP contribution >= 0.6 is 18.7 Å². The van der Waals surface area contributed by atoms with Crippen molar-refractivity contribution in [1.29, 1.82) is 5.26 Å². The minimum atomic E-state index is -2.68. The Morgan fingerprint density at radius 1 is 1.05 bits per heavy atom. The van der Waals surface area contributed by atoms with E-state index in [0.717, 1.165) is 31.6 Å². The van der Waals surface area contributed by atoms with Gasteiger partial charge in [0.05, 0.1) is 30.1 Å². The van der Waals surface area contributed by atoms with E-state index in [2.05, 4.69) is 44.9 Å². The molecule has 2 unspecified atom stereocenters. The number of anilines is 4. The largest absolute Gasteiger partial charge is 0.380 e. The molecule has 41 heavy (non-hydrogen) atoms. The average molecular weight is 593 g/mol. The van der Waals surface area contributed by atoms with Crippen LogP contribution in [-0.4, -0.2) is 42.6 Å². The zero-order valence-corrected chi connectivity index (χ0v) is 25.3. The van der Waals surface area contributed by atoms with Crippen LogP contribution < -0.4 is 21.7 Å². The van der Waals surface area contributed by atoms with Gasteiger partial charge in [0, 0.05) is 23.6 Å². The van der Waals surface area contributed by atoms with Gasteiger partial charge in [-0.05, 0) is 112 Å². The molecular formula is C31H38ClN6O2P. The molecule has 4 N–H and O–H groups in total. The second kappa shape index (κ2) is 12.9. The summed E-state index contributed by atoms with van der Waals surface area (Å²) in [6.45, 7) is 4.87. The van der Waals surface area contributed by atoms with Crippen LogP contribution in [0.4, 0.5) is 23.1 Å². The lowest BCUT2D eigenvalue weighted by atomic mass is 9.86. The molecule has 5 rings (SSSR count). The third-order valence-electron chi connectivity index (χ3n) is 8.11. The Balaban J connectivity index is 1.27. The number of benzene rings is 2. The molecule has 3 atom stereocenters. The molecule has 0 bridgehead atoms. The summed E-state index contributed by atoms with van der Waals surface area (Å²) >= 11 is 6.44. The first-order chi connectivity index (χ1) is 19.7. The van der Waals surface area contributed by atoms with Crippen LogP contribution in [0.25, 0.3) is 0 Å². The Morgan fingerprint density at radius 3 is 2.63 bits per heavy atom. The quantitative estimate of drug-likeness (QED) is 0.213. The average Bonchev–Trinajstić information content (AvgIpc) is 3.28. The first-order valence-electron chi connectivity index (χ1n) is 14.3. The third kappa shape index (κ3) is 7.67. The van der Waals surface area contributed by atoms with E-state index in [4.69, 9.17) is 22.1 Å². The maximum Gasteiger partial charge on any atom is 0.229 e. The van der Waals surface area contributed by atoms with Crippen molar-refractivity contribution in [3.05, 3.63) is 64.3 Å². The molecule has 216 valence electrons. The summed E-state index contributed by atoms with van der Waals surface area (Å²) in [5.74, 6) is 2.10. The molecule has 1 aliphatic heterocycles. The van der Waals surface area contributed by atoms with Crippen molar-refractivity contribution in [2.75, 3.05) is 37.2 Å². The van der Waals surface area contributed by atoms with Crippen LogP contribution in [0.1, 0.15) is 48.8 Å². The lowest BCUT2D eigenvalue weighted by Crippen LogP contribution is -2.23. The topological polar surface area (TPSA) is 126 Å². The van der Waals surface area contributed by atoms with Gasteiger partial charge in [-0.3, -0.25) is 0 Å². The zero-order valence-electron chi connectivity index (χ0n) is 23.7. The van der Waals surface area contributed by atoms with Crippen LogP contribution in [0.3, 0.4) is 0 Å². The summed E-state index contributed by atoms with van der Waals surface area (Å²) in [7, 11) is -2.68. The number of rotatable bonds is 7. The highest BCUT2D eigenvalue weighted by Crippen LogP contribution is 2.39. The second-order valence-electron chi connectivity index (χ2n) is 11.7. The zero-order chi connectivity index (χ0) is 29.0. The normalized spacial score (nSPS) is 21.2. The predicted octanol–water partition coefficient (Wildman–Crippen LogP) is 6.38. The summed E-state index contributed by atoms with van der Waals surface area (Å²) in [6.07, 6.45) is 9.50. The van der Waals surface area contributed by atoms with Gasteiger partial charge in [-0.25, -0.2) is 4.98 Å². The third-order valence-corrected chi connectivity index (χ3v) is 9.92. The van der Waals surface area contributed by atoms with E-state index in [0.29, 0.717) is 51.8 Å². The van der Waals surface area contributed by atoms with Crippen molar-refractivity contribution in [3.8, 4) is 6.07 Å². The lowest BCUT2D eigenvalue weighted by molar-refractivity contribution is 0.0993.